The minimum absolute atomic E-state index is 0.167. The summed E-state index contributed by atoms with van der Waals surface area (Å²) in [5, 5.41) is 5.27. The molecule has 1 aliphatic heterocycles. The molecule has 2 N–H and O–H groups in total. The lowest BCUT2D eigenvalue weighted by Crippen LogP contribution is -2.54. The summed E-state index contributed by atoms with van der Waals surface area (Å²) < 4.78 is 39.6. The van der Waals surface area contributed by atoms with Gasteiger partial charge in [0.2, 0.25) is 5.91 Å². The summed E-state index contributed by atoms with van der Waals surface area (Å²) in [7, 11) is 0. The van der Waals surface area contributed by atoms with Crippen molar-refractivity contribution in [3.63, 3.8) is 0 Å². The van der Waals surface area contributed by atoms with E-state index in [0.29, 0.717) is 5.92 Å². The number of hydrogen-bond donors (Lipinski definition) is 2. The van der Waals surface area contributed by atoms with Gasteiger partial charge in [-0.2, -0.15) is 13.2 Å². The van der Waals surface area contributed by atoms with Crippen LogP contribution in [0.5, 0.6) is 0 Å². The second-order valence-corrected chi connectivity index (χ2v) is 5.81. The molecule has 0 aromatic heterocycles. The molecule has 0 aromatic rings. The molecule has 1 amide bonds. The number of amides is 1. The number of nitrogens with one attached hydrogen (secondary N) is 2. The van der Waals surface area contributed by atoms with E-state index in [1.807, 2.05) is 6.92 Å². The van der Waals surface area contributed by atoms with Crippen LogP contribution in [0.25, 0.3) is 0 Å². The van der Waals surface area contributed by atoms with E-state index in [2.05, 4.69) is 10.6 Å². The van der Waals surface area contributed by atoms with Gasteiger partial charge in [0.1, 0.15) is 0 Å². The SMILES string of the molecule is C[C@@H](NC(=O)C1(C(F)(F)F)CCNC1)C1CCCC1. The van der Waals surface area contributed by atoms with Crippen molar-refractivity contribution < 1.29 is 18.0 Å². The van der Waals surface area contributed by atoms with E-state index in [9.17, 15) is 18.0 Å². The third kappa shape index (κ3) is 2.73. The fourth-order valence-electron chi connectivity index (χ4n) is 3.18. The maximum absolute atomic E-state index is 13.2. The molecule has 1 aliphatic carbocycles. The Morgan fingerprint density at radius 1 is 1.37 bits per heavy atom. The minimum Gasteiger partial charge on any atom is -0.353 e. The van der Waals surface area contributed by atoms with Gasteiger partial charge in [0.05, 0.1) is 0 Å². The van der Waals surface area contributed by atoms with Crippen molar-refractivity contribution in [3.8, 4) is 0 Å². The van der Waals surface area contributed by atoms with Crippen LogP contribution >= 0.6 is 0 Å². The van der Waals surface area contributed by atoms with Gasteiger partial charge in [-0.05, 0) is 38.6 Å². The van der Waals surface area contributed by atoms with E-state index in [1.165, 1.54) is 0 Å². The Morgan fingerprint density at radius 3 is 2.47 bits per heavy atom. The van der Waals surface area contributed by atoms with E-state index in [4.69, 9.17) is 0 Å². The standard InChI is InChI=1S/C13H21F3N2O/c1-9(10-4-2-3-5-10)18-11(19)12(13(14,15)16)6-7-17-8-12/h9-10,17H,2-8H2,1H3,(H,18,19)/t9-,12?/m1/s1. The van der Waals surface area contributed by atoms with Crippen LogP contribution in [0.4, 0.5) is 13.2 Å². The van der Waals surface area contributed by atoms with Gasteiger partial charge in [0.25, 0.3) is 0 Å². The zero-order valence-corrected chi connectivity index (χ0v) is 11.1. The molecule has 2 aliphatic rings. The summed E-state index contributed by atoms with van der Waals surface area (Å²) in [5.41, 5.74) is -2.24. The number of rotatable bonds is 3. The largest absolute Gasteiger partial charge is 0.404 e. The van der Waals surface area contributed by atoms with Crippen molar-refractivity contribution in [2.45, 2.75) is 51.2 Å². The van der Waals surface area contributed by atoms with Crippen LogP contribution in [-0.4, -0.2) is 31.2 Å². The highest BCUT2D eigenvalue weighted by molar-refractivity contribution is 5.84. The fraction of sp³-hybridized carbons (Fsp3) is 0.923. The van der Waals surface area contributed by atoms with Gasteiger partial charge in [-0.1, -0.05) is 12.8 Å². The Hall–Kier alpha value is -0.780. The van der Waals surface area contributed by atoms with Crippen molar-refractivity contribution >= 4 is 5.91 Å². The van der Waals surface area contributed by atoms with Crippen LogP contribution in [0.15, 0.2) is 0 Å². The highest BCUT2D eigenvalue weighted by atomic mass is 19.4. The number of hydrogen-bond acceptors (Lipinski definition) is 2. The van der Waals surface area contributed by atoms with Crippen LogP contribution in [0.2, 0.25) is 0 Å². The highest BCUT2D eigenvalue weighted by Gasteiger charge is 2.61. The molecule has 0 radical (unpaired) electrons. The third-order valence-electron chi connectivity index (χ3n) is 4.60. The summed E-state index contributed by atoms with van der Waals surface area (Å²) in [6.45, 7) is 1.75. The summed E-state index contributed by atoms with van der Waals surface area (Å²) in [5.74, 6) is -0.534. The van der Waals surface area contributed by atoms with E-state index in [0.717, 1.165) is 25.7 Å². The topological polar surface area (TPSA) is 41.1 Å². The molecule has 2 rings (SSSR count). The van der Waals surface area contributed by atoms with Gasteiger partial charge < -0.3 is 10.6 Å². The Morgan fingerprint density at radius 2 is 2.00 bits per heavy atom. The first kappa shape index (κ1) is 14.6. The summed E-state index contributed by atoms with van der Waals surface area (Å²) in [6.07, 6.45) is -0.444. The molecule has 1 saturated heterocycles. The zero-order valence-electron chi connectivity index (χ0n) is 11.1. The molecule has 2 atom stereocenters. The van der Waals surface area contributed by atoms with Gasteiger partial charge in [-0.3, -0.25) is 4.79 Å². The maximum Gasteiger partial charge on any atom is 0.404 e. The van der Waals surface area contributed by atoms with E-state index in [-0.39, 0.29) is 25.6 Å². The molecule has 1 saturated carbocycles. The maximum atomic E-state index is 13.2. The van der Waals surface area contributed by atoms with Crippen molar-refractivity contribution in [2.24, 2.45) is 11.3 Å². The molecule has 2 fully saturated rings. The molecular formula is C13H21F3N2O. The Bertz CT molecular complexity index is 331. The first-order valence-electron chi connectivity index (χ1n) is 6.95. The molecule has 1 unspecified atom stereocenters. The summed E-state index contributed by atoms with van der Waals surface area (Å²) in [4.78, 5) is 12.1. The Balaban J connectivity index is 2.04. The smallest absolute Gasteiger partial charge is 0.353 e. The van der Waals surface area contributed by atoms with Crippen LogP contribution < -0.4 is 10.6 Å². The fourth-order valence-corrected chi connectivity index (χ4v) is 3.18. The van der Waals surface area contributed by atoms with Crippen molar-refractivity contribution in [3.05, 3.63) is 0 Å². The summed E-state index contributed by atoms with van der Waals surface area (Å²) in [6, 6.07) is -0.171. The van der Waals surface area contributed by atoms with Crippen molar-refractivity contribution in [1.82, 2.24) is 10.6 Å². The number of halogens is 3. The molecule has 19 heavy (non-hydrogen) atoms. The Labute approximate surface area is 111 Å². The lowest BCUT2D eigenvalue weighted by Gasteiger charge is -2.32. The highest BCUT2D eigenvalue weighted by Crippen LogP contribution is 2.43. The van der Waals surface area contributed by atoms with Crippen LogP contribution in [0, 0.1) is 11.3 Å². The van der Waals surface area contributed by atoms with E-state index >= 15 is 0 Å². The molecule has 110 valence electrons. The number of alkyl halides is 3. The second kappa shape index (κ2) is 5.31. The Kier molecular flexibility index (Phi) is 4.08. The predicted octanol–water partition coefficient (Wildman–Crippen LogP) is 2.22. The minimum atomic E-state index is -4.49. The molecule has 1 heterocycles. The molecule has 6 heteroatoms. The second-order valence-electron chi connectivity index (χ2n) is 5.81. The lowest BCUT2D eigenvalue weighted by atomic mass is 9.84. The van der Waals surface area contributed by atoms with Crippen molar-refractivity contribution in [1.29, 1.82) is 0 Å². The van der Waals surface area contributed by atoms with Crippen molar-refractivity contribution in [2.75, 3.05) is 13.1 Å². The number of carbonyl (C=O) groups is 1. The normalized spacial score (nSPS) is 30.5. The van der Waals surface area contributed by atoms with Crippen LogP contribution in [-0.2, 0) is 4.79 Å². The molecular weight excluding hydrogens is 257 g/mol. The first-order valence-corrected chi connectivity index (χ1v) is 6.95. The van der Waals surface area contributed by atoms with Gasteiger partial charge in [0.15, 0.2) is 5.41 Å². The van der Waals surface area contributed by atoms with Crippen LogP contribution in [0.1, 0.15) is 39.0 Å². The average Bonchev–Trinajstić information content (AvgIpc) is 3.00. The third-order valence-corrected chi connectivity index (χ3v) is 4.60. The monoisotopic (exact) mass is 278 g/mol. The quantitative estimate of drug-likeness (QED) is 0.831. The number of carbonyl (C=O) groups excluding carboxylic acids is 1. The predicted molar refractivity (Wildman–Crippen MR) is 65.5 cm³/mol. The first-order chi connectivity index (χ1) is 8.87. The summed E-state index contributed by atoms with van der Waals surface area (Å²) >= 11 is 0. The van der Waals surface area contributed by atoms with Gasteiger partial charge in [0, 0.05) is 12.6 Å². The van der Waals surface area contributed by atoms with Gasteiger partial charge in [-0.15, -0.1) is 0 Å². The zero-order chi connectivity index (χ0) is 14.1. The van der Waals surface area contributed by atoms with E-state index in [1.54, 1.807) is 0 Å². The van der Waals surface area contributed by atoms with Gasteiger partial charge >= 0.3 is 6.18 Å². The molecule has 0 spiro atoms. The molecule has 0 aromatic carbocycles. The van der Waals surface area contributed by atoms with Crippen LogP contribution in [0.3, 0.4) is 0 Å². The molecule has 3 nitrogen and oxygen atoms in total. The molecule has 0 bridgehead atoms. The van der Waals surface area contributed by atoms with Gasteiger partial charge in [-0.25, -0.2) is 0 Å². The lowest BCUT2D eigenvalue weighted by molar-refractivity contribution is -0.216. The van der Waals surface area contributed by atoms with E-state index < -0.39 is 17.5 Å². The average molecular weight is 278 g/mol.